The molecule has 1 unspecified atom stereocenters. The van der Waals surface area contributed by atoms with Crippen LogP contribution in [0.4, 0.5) is 0 Å². The highest BCUT2D eigenvalue weighted by Crippen LogP contribution is 2.43. The molecule has 0 radical (unpaired) electrons. The van der Waals surface area contributed by atoms with E-state index in [1.165, 1.54) is 18.4 Å². The van der Waals surface area contributed by atoms with Gasteiger partial charge < -0.3 is 9.84 Å². The van der Waals surface area contributed by atoms with Gasteiger partial charge in [-0.05, 0) is 41.5 Å². The Labute approximate surface area is 123 Å². The first-order chi connectivity index (χ1) is 9.08. The second-order valence-electron chi connectivity index (χ2n) is 6.23. The lowest BCUT2D eigenvalue weighted by Crippen LogP contribution is -2.31. The molecule has 0 bridgehead atoms. The van der Waals surface area contributed by atoms with Gasteiger partial charge in [0, 0.05) is 17.3 Å². The highest BCUT2D eigenvalue weighted by molar-refractivity contribution is 9.10. The maximum absolute atomic E-state index is 10.6. The van der Waals surface area contributed by atoms with Crippen molar-refractivity contribution in [3.63, 3.8) is 0 Å². The van der Waals surface area contributed by atoms with Crippen LogP contribution in [0, 0.1) is 5.41 Å². The molecule has 1 N–H and O–H groups in total. The summed E-state index contributed by atoms with van der Waals surface area (Å²) < 4.78 is 6.84. The predicted molar refractivity (Wildman–Crippen MR) is 79.6 cm³/mol. The van der Waals surface area contributed by atoms with E-state index in [-0.39, 0.29) is 11.5 Å². The van der Waals surface area contributed by atoms with Crippen molar-refractivity contribution in [2.24, 2.45) is 5.41 Å². The van der Waals surface area contributed by atoms with Crippen LogP contribution in [-0.4, -0.2) is 17.8 Å². The molecule has 1 aliphatic carbocycles. The van der Waals surface area contributed by atoms with E-state index in [4.69, 9.17) is 4.74 Å². The molecule has 3 heteroatoms. The Bertz CT molecular complexity index is 478. The van der Waals surface area contributed by atoms with Gasteiger partial charge in [-0.25, -0.2) is 0 Å². The van der Waals surface area contributed by atoms with Gasteiger partial charge in [-0.2, -0.15) is 0 Å². The molecule has 1 aliphatic heterocycles. The van der Waals surface area contributed by atoms with Gasteiger partial charge in [0.15, 0.2) is 0 Å². The number of hydrogen-bond acceptors (Lipinski definition) is 2. The summed E-state index contributed by atoms with van der Waals surface area (Å²) >= 11 is 3.57. The third-order valence-electron chi connectivity index (χ3n) is 4.79. The van der Waals surface area contributed by atoms with Crippen LogP contribution in [0.2, 0.25) is 0 Å². The molecule has 0 saturated heterocycles. The van der Waals surface area contributed by atoms with E-state index in [1.807, 2.05) is 0 Å². The molecular formula is C16H21BrO2. The highest BCUT2D eigenvalue weighted by Gasteiger charge is 2.36. The molecule has 1 aromatic rings. The Morgan fingerprint density at radius 1 is 1.37 bits per heavy atom. The van der Waals surface area contributed by atoms with Crippen molar-refractivity contribution in [1.29, 1.82) is 0 Å². The van der Waals surface area contributed by atoms with Crippen LogP contribution in [0.3, 0.4) is 0 Å². The number of ether oxygens (including phenoxy) is 1. The first-order valence-electron chi connectivity index (χ1n) is 7.21. The molecule has 3 rings (SSSR count). The molecule has 2 nitrogen and oxygen atoms in total. The lowest BCUT2D eigenvalue weighted by Gasteiger charge is -2.30. The molecule has 0 amide bonds. The van der Waals surface area contributed by atoms with Gasteiger partial charge in [-0.15, -0.1) is 0 Å². The van der Waals surface area contributed by atoms with Gasteiger partial charge in [0.05, 0.1) is 12.7 Å². The predicted octanol–water partition coefficient (Wildman–Crippen LogP) is 3.87. The zero-order chi connectivity index (χ0) is 13.5. The fraction of sp³-hybridized carbons (Fsp3) is 0.625. The second-order valence-corrected chi connectivity index (χ2v) is 7.15. The number of fused-ring (bicyclic) bond motifs is 1. The maximum atomic E-state index is 10.6. The minimum Gasteiger partial charge on any atom is -0.493 e. The molecular weight excluding hydrogens is 304 g/mol. The zero-order valence-corrected chi connectivity index (χ0v) is 13.0. The minimum absolute atomic E-state index is 0.0911. The summed E-state index contributed by atoms with van der Waals surface area (Å²) in [5, 5.41) is 10.6. The van der Waals surface area contributed by atoms with Crippen LogP contribution in [0.1, 0.15) is 43.7 Å². The van der Waals surface area contributed by atoms with Crippen LogP contribution < -0.4 is 4.74 Å². The fourth-order valence-electron chi connectivity index (χ4n) is 3.47. The molecule has 1 atom stereocenters. The van der Waals surface area contributed by atoms with Gasteiger partial charge in [0.1, 0.15) is 5.75 Å². The van der Waals surface area contributed by atoms with Crippen molar-refractivity contribution in [2.75, 3.05) is 6.61 Å². The summed E-state index contributed by atoms with van der Waals surface area (Å²) in [6, 6.07) is 4.24. The average molecular weight is 325 g/mol. The molecule has 1 saturated carbocycles. The van der Waals surface area contributed by atoms with Gasteiger partial charge in [-0.3, -0.25) is 0 Å². The summed E-state index contributed by atoms with van der Waals surface area (Å²) in [5.41, 5.74) is 2.52. The smallest absolute Gasteiger partial charge is 0.125 e. The summed E-state index contributed by atoms with van der Waals surface area (Å²) in [6.07, 6.45) is 6.21. The van der Waals surface area contributed by atoms with E-state index in [9.17, 15) is 5.11 Å². The first kappa shape index (κ1) is 13.4. The molecule has 1 fully saturated rings. The molecule has 1 heterocycles. The van der Waals surface area contributed by atoms with Crippen molar-refractivity contribution in [3.05, 3.63) is 27.7 Å². The Hall–Kier alpha value is -0.540. The normalized spacial score (nSPS) is 22.1. The van der Waals surface area contributed by atoms with Crippen molar-refractivity contribution in [1.82, 2.24) is 0 Å². The van der Waals surface area contributed by atoms with Crippen LogP contribution in [0.25, 0.3) is 0 Å². The van der Waals surface area contributed by atoms with Crippen molar-refractivity contribution >= 4 is 15.9 Å². The van der Waals surface area contributed by atoms with Gasteiger partial charge in [0.25, 0.3) is 0 Å². The summed E-state index contributed by atoms with van der Waals surface area (Å²) in [5.74, 6) is 1.02. The Morgan fingerprint density at radius 2 is 2.11 bits per heavy atom. The largest absolute Gasteiger partial charge is 0.493 e. The van der Waals surface area contributed by atoms with Gasteiger partial charge >= 0.3 is 0 Å². The first-order valence-corrected chi connectivity index (χ1v) is 8.00. The number of aliphatic hydroxyl groups excluding tert-OH is 1. The summed E-state index contributed by atoms with van der Waals surface area (Å²) in [6.45, 7) is 3.00. The quantitative estimate of drug-likeness (QED) is 0.914. The molecule has 0 aromatic heterocycles. The third kappa shape index (κ3) is 2.55. The third-order valence-corrected chi connectivity index (χ3v) is 5.25. The second kappa shape index (κ2) is 5.10. The Morgan fingerprint density at radius 3 is 2.84 bits per heavy atom. The van der Waals surface area contributed by atoms with E-state index in [1.54, 1.807) is 0 Å². The van der Waals surface area contributed by atoms with Crippen molar-refractivity contribution < 1.29 is 9.84 Å². The van der Waals surface area contributed by atoms with E-state index in [2.05, 4.69) is 35.0 Å². The highest BCUT2D eigenvalue weighted by atomic mass is 79.9. The zero-order valence-electron chi connectivity index (χ0n) is 11.4. The summed E-state index contributed by atoms with van der Waals surface area (Å²) in [4.78, 5) is 0. The topological polar surface area (TPSA) is 29.5 Å². The van der Waals surface area contributed by atoms with Gasteiger partial charge in [-0.1, -0.05) is 35.7 Å². The van der Waals surface area contributed by atoms with E-state index < -0.39 is 0 Å². The molecule has 0 spiro atoms. The van der Waals surface area contributed by atoms with Crippen LogP contribution in [-0.2, 0) is 12.8 Å². The number of rotatable bonds is 3. The molecule has 1 aromatic carbocycles. The fourth-order valence-corrected chi connectivity index (χ4v) is 4.02. The van der Waals surface area contributed by atoms with Crippen molar-refractivity contribution in [3.8, 4) is 5.75 Å². The van der Waals surface area contributed by atoms with Crippen LogP contribution in [0.5, 0.6) is 5.75 Å². The Kier molecular flexibility index (Phi) is 3.61. The number of halogens is 1. The van der Waals surface area contributed by atoms with E-state index in [0.717, 1.165) is 41.7 Å². The summed E-state index contributed by atoms with van der Waals surface area (Å²) in [7, 11) is 0. The Balaban J connectivity index is 1.83. The SMILES string of the molecule is CC1(C(O)Cc2cc(Br)cc3c2OCC3)CCCC1. The maximum Gasteiger partial charge on any atom is 0.125 e. The molecule has 19 heavy (non-hydrogen) atoms. The average Bonchev–Trinajstić information content (AvgIpc) is 2.98. The lowest BCUT2D eigenvalue weighted by molar-refractivity contribution is 0.0419. The lowest BCUT2D eigenvalue weighted by atomic mass is 9.79. The van der Waals surface area contributed by atoms with E-state index in [0.29, 0.717) is 6.42 Å². The number of aliphatic hydroxyl groups is 1. The van der Waals surface area contributed by atoms with E-state index >= 15 is 0 Å². The standard InChI is InChI=1S/C16H21BrO2/c1-16(5-2-3-6-16)14(18)10-12-9-13(17)8-11-4-7-19-15(11)12/h8-9,14,18H,2-7,10H2,1H3. The molecule has 104 valence electrons. The van der Waals surface area contributed by atoms with Crippen LogP contribution in [0.15, 0.2) is 16.6 Å². The molecule has 2 aliphatic rings. The number of benzene rings is 1. The van der Waals surface area contributed by atoms with Gasteiger partial charge in [0.2, 0.25) is 0 Å². The monoisotopic (exact) mass is 324 g/mol. The van der Waals surface area contributed by atoms with Crippen LogP contribution >= 0.6 is 15.9 Å². The van der Waals surface area contributed by atoms with Crippen molar-refractivity contribution in [2.45, 2.75) is 51.6 Å². The number of hydrogen-bond donors (Lipinski definition) is 1. The minimum atomic E-state index is -0.266.